The molecule has 2 heterocycles. The number of nitrogens with one attached hydrogen (secondary N) is 1. The van der Waals surface area contributed by atoms with Gasteiger partial charge in [-0.25, -0.2) is 27.6 Å². The highest BCUT2D eigenvalue weighted by Gasteiger charge is 2.20. The van der Waals surface area contributed by atoms with Gasteiger partial charge in [0.1, 0.15) is 11.4 Å². The number of benzene rings is 1. The normalized spacial score (nSPS) is 10.9. The van der Waals surface area contributed by atoms with Crippen LogP contribution in [0, 0.1) is 17.5 Å². The topological polar surface area (TPSA) is 73.2 Å². The van der Waals surface area contributed by atoms with Crippen molar-refractivity contribution in [3.63, 3.8) is 0 Å². The van der Waals surface area contributed by atoms with Crippen LogP contribution in [0.5, 0.6) is 0 Å². The van der Waals surface area contributed by atoms with E-state index in [1.54, 1.807) is 6.92 Å². The lowest BCUT2D eigenvalue weighted by Gasteiger charge is -2.15. The number of anilines is 1. The maximum Gasteiger partial charge on any atom is 0.343 e. The van der Waals surface area contributed by atoms with E-state index in [1.807, 2.05) is 0 Å². The zero-order chi connectivity index (χ0) is 19.7. The summed E-state index contributed by atoms with van der Waals surface area (Å²) >= 11 is 5.67. The van der Waals surface area contributed by atoms with Crippen LogP contribution >= 0.6 is 11.6 Å². The summed E-state index contributed by atoms with van der Waals surface area (Å²) in [6.07, 6.45) is 1.02. The number of nitrogens with zero attached hydrogens (tertiary/aromatic N) is 2. The Balaban J connectivity index is 2.25. The number of pyridine rings is 2. The Labute approximate surface area is 155 Å². The van der Waals surface area contributed by atoms with Crippen LogP contribution in [0.2, 0.25) is 5.15 Å². The van der Waals surface area contributed by atoms with Crippen molar-refractivity contribution in [1.29, 1.82) is 0 Å². The van der Waals surface area contributed by atoms with Crippen molar-refractivity contribution in [2.75, 3.05) is 12.0 Å². The molecule has 0 amide bonds. The second kappa shape index (κ2) is 7.28. The van der Waals surface area contributed by atoms with Gasteiger partial charge < -0.3 is 4.74 Å². The summed E-state index contributed by atoms with van der Waals surface area (Å²) in [6, 6.07) is 3.56. The lowest BCUT2D eigenvalue weighted by molar-refractivity contribution is 0.0524. The fourth-order valence-corrected chi connectivity index (χ4v) is 2.49. The molecular weight excluding hydrogens is 387 g/mol. The lowest BCUT2D eigenvalue weighted by Crippen LogP contribution is -2.24. The lowest BCUT2D eigenvalue weighted by atomic mass is 10.2. The van der Waals surface area contributed by atoms with Gasteiger partial charge in [0, 0.05) is 12.3 Å². The van der Waals surface area contributed by atoms with E-state index >= 15 is 0 Å². The predicted octanol–water partition coefficient (Wildman–Crippen LogP) is 3.52. The number of ether oxygens (including phenoxy) is 1. The van der Waals surface area contributed by atoms with E-state index in [1.165, 1.54) is 0 Å². The summed E-state index contributed by atoms with van der Waals surface area (Å²) in [5.41, 5.74) is 0.935. The number of hydrogen-bond donors (Lipinski definition) is 1. The highest BCUT2D eigenvalue weighted by atomic mass is 35.5. The van der Waals surface area contributed by atoms with E-state index < -0.39 is 39.6 Å². The van der Waals surface area contributed by atoms with Gasteiger partial charge in [-0.05, 0) is 25.1 Å². The molecule has 0 aliphatic carbocycles. The van der Waals surface area contributed by atoms with Gasteiger partial charge in [0.15, 0.2) is 22.4 Å². The molecule has 0 unspecified atom stereocenters. The largest absolute Gasteiger partial charge is 0.462 e. The van der Waals surface area contributed by atoms with E-state index in [2.05, 4.69) is 10.4 Å². The Bertz CT molecular complexity index is 1120. The average Bonchev–Trinajstić information content (AvgIpc) is 2.61. The van der Waals surface area contributed by atoms with E-state index in [9.17, 15) is 22.8 Å². The third kappa shape index (κ3) is 3.59. The molecular formula is C17H11ClF3N3O3. The van der Waals surface area contributed by atoms with Crippen molar-refractivity contribution in [1.82, 2.24) is 9.66 Å². The van der Waals surface area contributed by atoms with Gasteiger partial charge in [0.25, 0.3) is 0 Å². The second-order valence-corrected chi connectivity index (χ2v) is 5.69. The molecule has 0 atom stereocenters. The summed E-state index contributed by atoms with van der Waals surface area (Å²) in [5, 5.41) is -0.807. The zero-order valence-corrected chi connectivity index (χ0v) is 14.5. The summed E-state index contributed by atoms with van der Waals surface area (Å²) in [6.45, 7) is 1.55. The molecule has 6 nitrogen and oxygen atoms in total. The first kappa shape index (κ1) is 18.7. The van der Waals surface area contributed by atoms with Gasteiger partial charge in [0.2, 0.25) is 5.43 Å². The van der Waals surface area contributed by atoms with E-state index in [-0.39, 0.29) is 23.3 Å². The summed E-state index contributed by atoms with van der Waals surface area (Å²) in [4.78, 5) is 28.3. The number of halogens is 4. The van der Waals surface area contributed by atoms with Crippen molar-refractivity contribution in [2.24, 2.45) is 0 Å². The molecule has 0 radical (unpaired) electrons. The van der Waals surface area contributed by atoms with E-state index in [4.69, 9.17) is 16.3 Å². The van der Waals surface area contributed by atoms with Crippen LogP contribution in [0.4, 0.5) is 18.9 Å². The smallest absolute Gasteiger partial charge is 0.343 e. The molecule has 1 aromatic carbocycles. The number of rotatable bonds is 4. The van der Waals surface area contributed by atoms with Crippen molar-refractivity contribution < 1.29 is 22.7 Å². The Morgan fingerprint density at radius 3 is 2.67 bits per heavy atom. The van der Waals surface area contributed by atoms with Crippen molar-refractivity contribution in [3.05, 3.63) is 68.9 Å². The van der Waals surface area contributed by atoms with Crippen LogP contribution in [0.3, 0.4) is 0 Å². The fraction of sp³-hybridized carbons (Fsp3) is 0.118. The highest BCUT2D eigenvalue weighted by molar-refractivity contribution is 6.29. The van der Waals surface area contributed by atoms with Crippen LogP contribution in [-0.2, 0) is 4.74 Å². The van der Waals surface area contributed by atoms with Crippen molar-refractivity contribution >= 4 is 34.3 Å². The minimum atomic E-state index is -0.971. The van der Waals surface area contributed by atoms with Crippen molar-refractivity contribution in [3.8, 4) is 0 Å². The number of aromatic nitrogens is 2. The van der Waals surface area contributed by atoms with Gasteiger partial charge in [-0.1, -0.05) is 11.6 Å². The van der Waals surface area contributed by atoms with Crippen LogP contribution in [0.1, 0.15) is 17.3 Å². The number of hydrogen-bond acceptors (Lipinski definition) is 5. The minimum Gasteiger partial charge on any atom is -0.462 e. The summed E-state index contributed by atoms with van der Waals surface area (Å²) in [7, 11) is 0. The minimum absolute atomic E-state index is 0.00353. The van der Waals surface area contributed by atoms with Gasteiger partial charge >= 0.3 is 5.97 Å². The molecule has 0 aliphatic rings. The monoisotopic (exact) mass is 397 g/mol. The van der Waals surface area contributed by atoms with Crippen LogP contribution < -0.4 is 10.9 Å². The van der Waals surface area contributed by atoms with E-state index in [0.29, 0.717) is 6.07 Å². The molecule has 140 valence electrons. The van der Waals surface area contributed by atoms with Gasteiger partial charge in [-0.3, -0.25) is 10.2 Å². The summed E-state index contributed by atoms with van der Waals surface area (Å²) in [5.74, 6) is -3.65. The third-order valence-corrected chi connectivity index (χ3v) is 3.82. The third-order valence-electron chi connectivity index (χ3n) is 3.56. The Morgan fingerprint density at radius 1 is 1.26 bits per heavy atom. The molecule has 3 aromatic rings. The molecule has 0 saturated heterocycles. The Morgan fingerprint density at radius 2 is 2.00 bits per heavy atom. The number of fused-ring (bicyclic) bond motifs is 1. The molecule has 2 aromatic heterocycles. The Kier molecular flexibility index (Phi) is 5.04. The summed E-state index contributed by atoms with van der Waals surface area (Å²) < 4.78 is 46.7. The first-order valence-corrected chi connectivity index (χ1v) is 8.00. The number of carbonyl (C=O) groups is 1. The molecule has 0 saturated carbocycles. The second-order valence-electron chi connectivity index (χ2n) is 5.33. The number of carbonyl (C=O) groups excluding carboxylic acids is 1. The average molecular weight is 398 g/mol. The van der Waals surface area contributed by atoms with Gasteiger partial charge in [-0.15, -0.1) is 0 Å². The SMILES string of the molecule is CCOC(=O)c1cn(Nc2ccc(F)cc2F)c2nc(Cl)c(F)cc2c1=O. The fourth-order valence-electron chi connectivity index (χ4n) is 2.35. The zero-order valence-electron chi connectivity index (χ0n) is 13.7. The number of esters is 1. The maximum absolute atomic E-state index is 14.0. The van der Waals surface area contributed by atoms with Crippen LogP contribution in [-0.4, -0.2) is 22.2 Å². The van der Waals surface area contributed by atoms with Gasteiger partial charge in [0.05, 0.1) is 17.7 Å². The first-order chi connectivity index (χ1) is 12.8. The molecule has 0 aliphatic heterocycles. The predicted molar refractivity (Wildman–Crippen MR) is 92.3 cm³/mol. The standard InChI is InChI=1S/C17H11ClF3N3O3/c1-2-27-17(26)10-7-24(23-13-4-3-8(19)5-11(13)20)16-9(14(10)25)6-12(21)15(18)22-16/h3-7,23H,2H2,1H3. The van der Waals surface area contributed by atoms with Gasteiger partial charge in [-0.2, -0.15) is 0 Å². The molecule has 0 fully saturated rings. The quantitative estimate of drug-likeness (QED) is 0.538. The molecule has 0 spiro atoms. The maximum atomic E-state index is 14.0. The molecule has 0 bridgehead atoms. The van der Waals surface area contributed by atoms with E-state index in [0.717, 1.165) is 29.1 Å². The molecule has 10 heteroatoms. The molecule has 27 heavy (non-hydrogen) atoms. The van der Waals surface area contributed by atoms with Crippen LogP contribution in [0.25, 0.3) is 11.0 Å². The first-order valence-electron chi connectivity index (χ1n) is 7.62. The molecule has 1 N–H and O–H groups in total. The highest BCUT2D eigenvalue weighted by Crippen LogP contribution is 2.20. The molecule has 3 rings (SSSR count). The van der Waals surface area contributed by atoms with Crippen LogP contribution in [0.15, 0.2) is 35.3 Å². The Hall–Kier alpha value is -3.07. The van der Waals surface area contributed by atoms with Crippen molar-refractivity contribution in [2.45, 2.75) is 6.92 Å².